The summed E-state index contributed by atoms with van der Waals surface area (Å²) >= 11 is 14.1. The molecule has 0 atom stereocenters. The maximum absolute atomic E-state index is 13.6. The third-order valence-electron chi connectivity index (χ3n) is 10.1. The van der Waals surface area contributed by atoms with E-state index in [1.807, 2.05) is 0 Å². The summed E-state index contributed by atoms with van der Waals surface area (Å²) in [5, 5.41) is 9.58. The summed E-state index contributed by atoms with van der Waals surface area (Å²) in [6.45, 7) is 0. The molecular formula is C37H34Cl2O11. The van der Waals surface area contributed by atoms with Crippen LogP contribution in [0.25, 0.3) is 0 Å². The fraction of sp³-hybridized carbons (Fsp3) is 0.405. The smallest absolute Gasteiger partial charge is 0.340 e. The first-order valence-corrected chi connectivity index (χ1v) is 17.4. The van der Waals surface area contributed by atoms with Crippen LogP contribution in [-0.4, -0.2) is 43.2 Å². The average molecular weight is 726 g/mol. The predicted octanol–water partition coefficient (Wildman–Crippen LogP) is 8.25. The van der Waals surface area contributed by atoms with Crippen LogP contribution in [0.15, 0.2) is 30.3 Å². The molecule has 2 aliphatic heterocycles. The van der Waals surface area contributed by atoms with Gasteiger partial charge in [-0.3, -0.25) is 9.59 Å². The van der Waals surface area contributed by atoms with E-state index in [0.717, 1.165) is 38.5 Å². The van der Waals surface area contributed by atoms with Crippen molar-refractivity contribution in [3.05, 3.63) is 68.2 Å². The highest BCUT2D eigenvalue weighted by atomic mass is 35.5. The zero-order valence-electron chi connectivity index (χ0n) is 27.4. The van der Waals surface area contributed by atoms with Gasteiger partial charge in [0.05, 0.1) is 48.3 Å². The van der Waals surface area contributed by atoms with Crippen molar-refractivity contribution < 1.29 is 52.7 Å². The Hall–Kier alpha value is -4.48. The lowest BCUT2D eigenvalue weighted by Crippen LogP contribution is -2.34. The number of carbonyl (C=O) groups excluding carboxylic acids is 3. The lowest BCUT2D eigenvalue weighted by molar-refractivity contribution is -0.140. The van der Waals surface area contributed by atoms with Gasteiger partial charge in [-0.2, -0.15) is 0 Å². The number of hydrogen-bond acceptors (Lipinski definition) is 10. The van der Waals surface area contributed by atoms with E-state index in [1.54, 1.807) is 0 Å². The van der Waals surface area contributed by atoms with Crippen LogP contribution < -0.4 is 23.7 Å². The van der Waals surface area contributed by atoms with Gasteiger partial charge in [0.25, 0.3) is 0 Å². The topological polar surface area (TPSA) is 144 Å². The zero-order valence-corrected chi connectivity index (χ0v) is 28.9. The van der Waals surface area contributed by atoms with Crippen molar-refractivity contribution in [1.82, 2.24) is 0 Å². The number of carboxylic acids is 1. The summed E-state index contributed by atoms with van der Waals surface area (Å²) in [5.41, 5.74) is -1.51. The maximum Gasteiger partial charge on any atom is 0.340 e. The maximum atomic E-state index is 13.6. The van der Waals surface area contributed by atoms with Crippen molar-refractivity contribution in [1.29, 1.82) is 0 Å². The molecule has 1 N–H and O–H groups in total. The van der Waals surface area contributed by atoms with E-state index in [9.17, 15) is 24.3 Å². The number of ether oxygens (including phenoxy) is 6. The third kappa shape index (κ3) is 5.51. The van der Waals surface area contributed by atoms with E-state index >= 15 is 0 Å². The number of halogens is 2. The number of rotatable bonds is 7. The number of methoxy groups -OCH3 is 2. The summed E-state index contributed by atoms with van der Waals surface area (Å²) in [6.07, 6.45) is 8.37. The Morgan fingerprint density at radius 3 is 1.66 bits per heavy atom. The first kappa shape index (κ1) is 34.0. The fourth-order valence-electron chi connectivity index (χ4n) is 7.49. The van der Waals surface area contributed by atoms with E-state index < -0.39 is 29.5 Å². The van der Waals surface area contributed by atoms with Gasteiger partial charge in [0.15, 0.2) is 40.1 Å². The predicted molar refractivity (Wildman–Crippen MR) is 179 cm³/mol. The molecule has 0 amide bonds. The van der Waals surface area contributed by atoms with Gasteiger partial charge in [0.2, 0.25) is 0 Å². The molecule has 2 fully saturated rings. The van der Waals surface area contributed by atoms with Crippen molar-refractivity contribution in [2.24, 2.45) is 11.8 Å². The summed E-state index contributed by atoms with van der Waals surface area (Å²) in [4.78, 5) is 52.5. The normalized spacial score (nSPS) is 17.9. The molecule has 13 heteroatoms. The second-order valence-corrected chi connectivity index (χ2v) is 13.7. The Labute approximate surface area is 297 Å². The molecule has 2 saturated carbocycles. The highest BCUT2D eigenvalue weighted by molar-refractivity contribution is 6.35. The zero-order chi connectivity index (χ0) is 35.3. The Bertz CT molecular complexity index is 1830. The monoisotopic (exact) mass is 724 g/mol. The number of fused-ring (bicyclic) bond motifs is 6. The quantitative estimate of drug-likeness (QED) is 0.186. The molecule has 4 aliphatic rings. The van der Waals surface area contributed by atoms with Gasteiger partial charge in [-0.05, 0) is 56.0 Å². The van der Waals surface area contributed by atoms with Gasteiger partial charge in [-0.1, -0.05) is 61.7 Å². The van der Waals surface area contributed by atoms with Crippen LogP contribution in [0.3, 0.4) is 0 Å². The first-order valence-electron chi connectivity index (χ1n) is 16.6. The highest BCUT2D eigenvalue weighted by Crippen LogP contribution is 2.63. The molecule has 0 aromatic heterocycles. The molecule has 1 spiro atoms. The third-order valence-corrected chi connectivity index (χ3v) is 10.8. The molecule has 262 valence electrons. The largest absolute Gasteiger partial charge is 0.493 e. The molecule has 50 heavy (non-hydrogen) atoms. The van der Waals surface area contributed by atoms with Gasteiger partial charge < -0.3 is 33.5 Å². The lowest BCUT2D eigenvalue weighted by Gasteiger charge is -2.38. The Morgan fingerprint density at radius 1 is 0.740 bits per heavy atom. The number of aromatic carboxylic acids is 1. The van der Waals surface area contributed by atoms with Crippen molar-refractivity contribution in [2.75, 3.05) is 14.2 Å². The highest BCUT2D eigenvalue weighted by Gasteiger charge is 2.56. The van der Waals surface area contributed by atoms with Crippen LogP contribution in [0.1, 0.15) is 102 Å². The van der Waals surface area contributed by atoms with Crippen LogP contribution in [-0.2, 0) is 19.9 Å². The molecule has 2 aliphatic carbocycles. The first-order chi connectivity index (χ1) is 24.1. The van der Waals surface area contributed by atoms with E-state index in [0.29, 0.717) is 25.7 Å². The van der Waals surface area contributed by atoms with Crippen LogP contribution in [0.4, 0.5) is 0 Å². The number of esters is 3. The minimum absolute atomic E-state index is 0.0410. The van der Waals surface area contributed by atoms with Crippen LogP contribution in [0, 0.1) is 11.8 Å². The van der Waals surface area contributed by atoms with Crippen molar-refractivity contribution >= 4 is 47.1 Å². The van der Waals surface area contributed by atoms with E-state index in [4.69, 9.17) is 51.6 Å². The van der Waals surface area contributed by atoms with Crippen LogP contribution in [0.2, 0.25) is 10.0 Å². The van der Waals surface area contributed by atoms with E-state index in [1.165, 1.54) is 44.6 Å². The minimum atomic E-state index is -1.91. The number of carboxylic acid groups (broad SMARTS) is 1. The molecule has 3 aromatic rings. The molecule has 11 nitrogen and oxygen atoms in total. The second kappa shape index (κ2) is 13.3. The lowest BCUT2D eigenvalue weighted by atomic mass is 9.77. The summed E-state index contributed by atoms with van der Waals surface area (Å²) in [7, 11) is 2.73. The van der Waals surface area contributed by atoms with Gasteiger partial charge in [0.1, 0.15) is 10.0 Å². The Morgan fingerprint density at radius 2 is 1.22 bits per heavy atom. The van der Waals surface area contributed by atoms with Gasteiger partial charge in [-0.25, -0.2) is 9.59 Å². The van der Waals surface area contributed by atoms with Crippen molar-refractivity contribution in [2.45, 2.75) is 69.8 Å². The Balaban J connectivity index is 1.45. The van der Waals surface area contributed by atoms with Crippen molar-refractivity contribution in [3.63, 3.8) is 0 Å². The fourth-order valence-corrected chi connectivity index (χ4v) is 8.03. The number of hydrogen-bond donors (Lipinski definition) is 1. The van der Waals surface area contributed by atoms with Crippen molar-refractivity contribution in [3.8, 4) is 34.5 Å². The molecule has 7 rings (SSSR count). The van der Waals surface area contributed by atoms with Gasteiger partial charge in [-0.15, -0.1) is 0 Å². The van der Waals surface area contributed by atoms with Crippen LogP contribution in [0.5, 0.6) is 34.5 Å². The minimum Gasteiger partial charge on any atom is -0.493 e. The molecule has 2 heterocycles. The van der Waals surface area contributed by atoms with Gasteiger partial charge in [0, 0.05) is 5.56 Å². The average Bonchev–Trinajstić information content (AvgIpc) is 3.43. The van der Waals surface area contributed by atoms with E-state index in [2.05, 4.69) is 0 Å². The Kier molecular flexibility index (Phi) is 9.07. The van der Waals surface area contributed by atoms with Gasteiger partial charge >= 0.3 is 23.9 Å². The summed E-state index contributed by atoms with van der Waals surface area (Å²) in [6, 6.07) is 6.94. The molecule has 0 bridgehead atoms. The SMILES string of the molecule is COc1cc2c(c(Cl)c1OC(=O)C1CCCCC1)Oc1c(cc(OC)c(OC(=O)C3CCCCC3)c1Cl)C21OC(=O)c2ccc(C(=O)O)cc21. The molecule has 0 saturated heterocycles. The molecule has 3 aromatic carbocycles. The summed E-state index contributed by atoms with van der Waals surface area (Å²) in [5.74, 6) is -3.93. The molecular weight excluding hydrogens is 691 g/mol. The van der Waals surface area contributed by atoms with E-state index in [-0.39, 0.29) is 84.2 Å². The van der Waals surface area contributed by atoms with Crippen LogP contribution >= 0.6 is 23.2 Å². The number of carbonyl (C=O) groups is 4. The second-order valence-electron chi connectivity index (χ2n) is 12.9. The summed E-state index contributed by atoms with van der Waals surface area (Å²) < 4.78 is 35.8. The number of benzene rings is 3. The molecule has 0 unspecified atom stereocenters. The molecule has 0 radical (unpaired) electrons. The standard InChI is InChI=1S/C37H34Cl2O11/c1-45-25-16-23-29(27(38)31(25)48-34(42)18-9-5-3-6-10-18)47-30-24(37(23)22-15-20(33(40)41)13-14-21(22)36(44)50-37)17-26(46-2)32(28(30)39)49-35(43)19-11-7-4-8-12-19/h13-19H,3-12H2,1-2H3,(H,40,41).